The van der Waals surface area contributed by atoms with Crippen LogP contribution in [0.25, 0.3) is 21.5 Å². The van der Waals surface area contributed by atoms with E-state index in [1.54, 1.807) is 10.4 Å². The Bertz CT molecular complexity index is 1030. The average Bonchev–Trinajstić information content (AvgIpc) is 3.18. The van der Waals surface area contributed by atoms with Crippen molar-refractivity contribution in [3.63, 3.8) is 0 Å². The van der Waals surface area contributed by atoms with Crippen molar-refractivity contribution in [1.29, 1.82) is 0 Å². The summed E-state index contributed by atoms with van der Waals surface area (Å²) in [5.41, 5.74) is 2.95. The van der Waals surface area contributed by atoms with Crippen LogP contribution in [0.1, 0.15) is 11.1 Å². The van der Waals surface area contributed by atoms with Crippen LogP contribution in [0.15, 0.2) is 60.7 Å². The number of aryl methyl sites for hydroxylation is 2. The molecule has 0 saturated heterocycles. The van der Waals surface area contributed by atoms with Crippen LogP contribution in [-0.2, 0) is 24.2 Å². The molecule has 0 fully saturated rings. The van der Waals surface area contributed by atoms with Crippen molar-refractivity contribution in [2.45, 2.75) is 53.1 Å². The van der Waals surface area contributed by atoms with Crippen molar-refractivity contribution in [3.05, 3.63) is 71.8 Å². The van der Waals surface area contributed by atoms with Gasteiger partial charge in [0, 0.05) is 16.1 Å². The van der Waals surface area contributed by atoms with E-state index in [-0.39, 0.29) is 0 Å². The zero-order valence-corrected chi connectivity index (χ0v) is 24.4. The van der Waals surface area contributed by atoms with E-state index in [2.05, 4.69) is 118 Å². The predicted octanol–water partition coefficient (Wildman–Crippen LogP) is 6.79. The van der Waals surface area contributed by atoms with E-state index in [0.717, 1.165) is 0 Å². The summed E-state index contributed by atoms with van der Waals surface area (Å²) in [6.07, 6.45) is 0. The first kappa shape index (κ1) is 25.1. The fourth-order valence-corrected chi connectivity index (χ4v) is 9.31. The van der Waals surface area contributed by atoms with Crippen molar-refractivity contribution in [2.75, 3.05) is 0 Å². The topological polar surface area (TPSA) is 0 Å². The van der Waals surface area contributed by atoms with E-state index in [1.165, 1.54) is 56.9 Å². The van der Waals surface area contributed by atoms with Gasteiger partial charge in [0.15, 0.2) is 0 Å². The van der Waals surface area contributed by atoms with Crippen molar-refractivity contribution in [2.24, 2.45) is 0 Å². The molecular weight excluding hydrogens is 472 g/mol. The molecule has 30 heavy (non-hydrogen) atoms. The molecule has 3 heteroatoms. The monoisotopic (exact) mass is 506 g/mol. The Kier molecular flexibility index (Phi) is 8.35. The van der Waals surface area contributed by atoms with Crippen LogP contribution in [0.5, 0.6) is 0 Å². The first-order chi connectivity index (χ1) is 14.0. The minimum atomic E-state index is -1.19. The normalized spacial score (nSPS) is 11.7. The standard InChI is InChI=1S/2C13H17Si.CH2.Zr/c2*1-10-9-11-7-5-6-8-12(11)13(10)14(2,3)4;;/h2*5-9H,1-4H3;1H2;/q2*-1;;+2. The zero-order chi connectivity index (χ0) is 22.7. The van der Waals surface area contributed by atoms with Gasteiger partial charge in [-0.25, -0.2) is 0 Å². The van der Waals surface area contributed by atoms with Gasteiger partial charge in [-0.2, -0.15) is 10.4 Å². The van der Waals surface area contributed by atoms with Crippen LogP contribution >= 0.6 is 0 Å². The van der Waals surface area contributed by atoms with Gasteiger partial charge in [-0.05, 0) is 0 Å². The molecule has 0 atom stereocenters. The second kappa shape index (κ2) is 9.98. The fourth-order valence-electron chi connectivity index (χ4n) is 4.73. The van der Waals surface area contributed by atoms with E-state index in [1.807, 2.05) is 0 Å². The molecule has 0 spiro atoms. The first-order valence-corrected chi connectivity index (χ1v) is 19.4. The van der Waals surface area contributed by atoms with Crippen molar-refractivity contribution < 1.29 is 24.2 Å². The molecule has 0 aliphatic carbocycles. The number of hydrogen-bond donors (Lipinski definition) is 0. The molecule has 0 saturated carbocycles. The Morgan fingerprint density at radius 1 is 0.600 bits per heavy atom. The summed E-state index contributed by atoms with van der Waals surface area (Å²) in [6.45, 7) is 19.0. The molecule has 0 N–H and O–H groups in total. The van der Waals surface area contributed by atoms with Gasteiger partial charge in [0.1, 0.15) is 0 Å². The quantitative estimate of drug-likeness (QED) is 0.207. The van der Waals surface area contributed by atoms with E-state index < -0.39 is 16.1 Å². The molecule has 0 bridgehead atoms. The molecule has 0 amide bonds. The maximum atomic E-state index is 3.34. The maximum absolute atomic E-state index is 3.34. The summed E-state index contributed by atoms with van der Waals surface area (Å²) < 4.78 is 3.34. The fraction of sp³-hybridized carbons (Fsp3) is 0.296. The summed E-state index contributed by atoms with van der Waals surface area (Å²) in [7, 11) is -2.38. The Balaban J connectivity index is 0.000000197. The molecule has 0 nitrogen and oxygen atoms in total. The van der Waals surface area contributed by atoms with E-state index >= 15 is 0 Å². The molecule has 156 valence electrons. The van der Waals surface area contributed by atoms with Crippen LogP contribution in [-0.4, -0.2) is 20.4 Å². The Labute approximate surface area is 200 Å². The summed E-state index contributed by atoms with van der Waals surface area (Å²) in [4.78, 5) is 0. The third-order valence-corrected chi connectivity index (χ3v) is 9.82. The zero-order valence-electron chi connectivity index (χ0n) is 20.0. The van der Waals surface area contributed by atoms with Gasteiger partial charge >= 0.3 is 28.4 Å². The molecule has 0 aliphatic heterocycles. The third-order valence-electron chi connectivity index (χ3n) is 5.49. The van der Waals surface area contributed by atoms with Gasteiger partial charge in [-0.1, -0.05) is 65.3 Å². The summed E-state index contributed by atoms with van der Waals surface area (Å²) in [5.74, 6) is 0. The van der Waals surface area contributed by atoms with Crippen molar-refractivity contribution in [3.8, 4) is 0 Å². The van der Waals surface area contributed by atoms with Gasteiger partial charge in [-0.15, -0.1) is 81.2 Å². The van der Waals surface area contributed by atoms with Gasteiger partial charge in [0.2, 0.25) is 0 Å². The summed E-state index contributed by atoms with van der Waals surface area (Å²) in [5, 5.41) is 9.03. The van der Waals surface area contributed by atoms with Crippen LogP contribution in [0.2, 0.25) is 39.3 Å². The molecule has 0 aliphatic rings. The van der Waals surface area contributed by atoms with Gasteiger partial charge < -0.3 is 0 Å². The van der Waals surface area contributed by atoms with Gasteiger partial charge in [0.05, 0.1) is 0 Å². The SMILES string of the molecule is Cc1[cH-]c2ccccc2c1[Si](C)(C)C.Cc1[cH-]c2ccccc2c1[Si](C)(C)C.[CH2]=[Zr+2]. The predicted molar refractivity (Wildman–Crippen MR) is 142 cm³/mol. The summed E-state index contributed by atoms with van der Waals surface area (Å²) in [6, 6.07) is 22.1. The number of benzene rings is 2. The minimum absolute atomic E-state index is 1.19. The molecule has 0 unspecified atom stereocenters. The van der Waals surface area contributed by atoms with E-state index in [9.17, 15) is 0 Å². The second-order valence-corrected chi connectivity index (χ2v) is 20.1. The molecular formula is C27H36Si2Zr. The van der Waals surface area contributed by atoms with Gasteiger partial charge in [0.25, 0.3) is 0 Å². The van der Waals surface area contributed by atoms with Crippen LogP contribution in [0.4, 0.5) is 0 Å². The molecule has 4 rings (SSSR count). The second-order valence-electron chi connectivity index (χ2n) is 10.1. The Hall–Kier alpha value is -1.15. The van der Waals surface area contributed by atoms with Gasteiger partial charge in [-0.3, -0.25) is 0 Å². The summed E-state index contributed by atoms with van der Waals surface area (Å²) >= 11 is 1.30. The number of fused-ring (bicyclic) bond motifs is 2. The molecule has 0 heterocycles. The number of rotatable bonds is 2. The molecule has 0 aromatic heterocycles. The van der Waals surface area contributed by atoms with Crippen LogP contribution in [0, 0.1) is 13.8 Å². The average molecular weight is 508 g/mol. The van der Waals surface area contributed by atoms with E-state index in [4.69, 9.17) is 0 Å². The molecule has 4 aromatic rings. The van der Waals surface area contributed by atoms with Crippen molar-refractivity contribution in [1.82, 2.24) is 0 Å². The molecule has 0 radical (unpaired) electrons. The van der Waals surface area contributed by atoms with Crippen LogP contribution in [0.3, 0.4) is 0 Å². The van der Waals surface area contributed by atoms with E-state index in [0.29, 0.717) is 0 Å². The number of hydrogen-bond acceptors (Lipinski definition) is 0. The Morgan fingerprint density at radius 3 is 1.20 bits per heavy atom. The molecule has 4 aromatic carbocycles. The van der Waals surface area contributed by atoms with Crippen molar-refractivity contribution >= 4 is 52.3 Å². The van der Waals surface area contributed by atoms with Crippen LogP contribution < -0.4 is 10.4 Å². The third kappa shape index (κ3) is 5.55. The first-order valence-electron chi connectivity index (χ1n) is 10.7. The Morgan fingerprint density at radius 2 is 0.900 bits per heavy atom.